The summed E-state index contributed by atoms with van der Waals surface area (Å²) in [6.07, 6.45) is 1.68. The first-order valence-electron chi connectivity index (χ1n) is 12.5. The summed E-state index contributed by atoms with van der Waals surface area (Å²) in [7, 11) is 4.41. The molecule has 5 aliphatic rings. The highest BCUT2D eigenvalue weighted by Gasteiger charge is 2.57. The molecule has 11 heteroatoms. The van der Waals surface area contributed by atoms with Crippen LogP contribution in [0.1, 0.15) is 27.2 Å². The van der Waals surface area contributed by atoms with Gasteiger partial charge in [0.15, 0.2) is 23.1 Å². The standard InChI is InChI=1S/C28H28N4O7/c1-11-23(34)14-8-17-22-21-15(24(35)12(2)28(39-6)26(21)37)7-16(31(22)4)18(9-29)32(17)19(10-30-13(3)33)20(14)25(36)27(11)38-5/h8,16,18-19,22H,7,10H2,1-6H3,(H,30,33)/t16-,18-,19-,22-/m0/s1. The number of carbonyl (C=O) groups excluding carboxylic acids is 5. The molecule has 3 heterocycles. The van der Waals surface area contributed by atoms with E-state index in [2.05, 4.69) is 11.4 Å². The van der Waals surface area contributed by atoms with Crippen LogP contribution in [0, 0.1) is 11.3 Å². The molecule has 4 atom stereocenters. The lowest BCUT2D eigenvalue weighted by molar-refractivity contribution is -0.121. The number of carbonyl (C=O) groups is 5. The molecule has 0 aromatic heterocycles. The summed E-state index contributed by atoms with van der Waals surface area (Å²) in [5, 5.41) is 13.2. The molecule has 2 bridgehead atoms. The van der Waals surface area contributed by atoms with Crippen LogP contribution in [0.15, 0.2) is 56.7 Å². The number of nitrogens with one attached hydrogen (secondary N) is 1. The fourth-order valence-electron chi connectivity index (χ4n) is 6.51. The third kappa shape index (κ3) is 3.48. The summed E-state index contributed by atoms with van der Waals surface area (Å²) in [4.78, 5) is 69.8. The SMILES string of the molecule is COC1=C(C)C(=O)C2=C(C1=O)[C@@H]1C3=CC4=C(C(=O)C(OC)=C(C)C4=O)[C@H](CNC(C)=O)N3[C@@H](C#N)[C@H](C2)N1C. The first kappa shape index (κ1) is 26.3. The molecule has 39 heavy (non-hydrogen) atoms. The third-order valence-electron chi connectivity index (χ3n) is 8.30. The van der Waals surface area contributed by atoms with Gasteiger partial charge in [0.05, 0.1) is 32.4 Å². The Kier molecular flexibility index (Phi) is 6.18. The molecule has 1 saturated heterocycles. The van der Waals surface area contributed by atoms with Gasteiger partial charge >= 0.3 is 0 Å². The van der Waals surface area contributed by atoms with E-state index in [0.717, 1.165) is 0 Å². The number of allylic oxidation sites excluding steroid dienone is 6. The first-order chi connectivity index (χ1) is 18.5. The fraction of sp³-hybridized carbons (Fsp3) is 0.429. The molecule has 0 unspecified atom stereocenters. The van der Waals surface area contributed by atoms with Gasteiger partial charge in [0.2, 0.25) is 17.5 Å². The van der Waals surface area contributed by atoms with Crippen LogP contribution in [0.4, 0.5) is 0 Å². The average Bonchev–Trinajstić information content (AvgIpc) is 2.89. The number of likely N-dealkylation sites (N-methyl/N-ethyl adjacent to an activating group) is 1. The van der Waals surface area contributed by atoms with E-state index in [1.54, 1.807) is 24.9 Å². The number of hydrogen-bond donors (Lipinski definition) is 1. The lowest BCUT2D eigenvalue weighted by atomic mass is 9.70. The Morgan fingerprint density at radius 2 is 1.62 bits per heavy atom. The van der Waals surface area contributed by atoms with Gasteiger partial charge < -0.3 is 19.7 Å². The van der Waals surface area contributed by atoms with Crippen molar-refractivity contribution in [3.8, 4) is 6.07 Å². The number of methoxy groups -OCH3 is 2. The van der Waals surface area contributed by atoms with Crippen molar-refractivity contribution in [1.29, 1.82) is 5.26 Å². The summed E-state index contributed by atoms with van der Waals surface area (Å²) >= 11 is 0. The summed E-state index contributed by atoms with van der Waals surface area (Å²) in [5.41, 5.74) is 1.57. The fourth-order valence-corrected chi connectivity index (χ4v) is 6.51. The van der Waals surface area contributed by atoms with Gasteiger partial charge in [-0.2, -0.15) is 5.26 Å². The maximum absolute atomic E-state index is 13.7. The van der Waals surface area contributed by atoms with E-state index in [-0.39, 0.29) is 64.0 Å². The molecular formula is C28H28N4O7. The lowest BCUT2D eigenvalue weighted by Gasteiger charge is -2.57. The Hall–Kier alpha value is -4.30. The molecular weight excluding hydrogens is 504 g/mol. The van der Waals surface area contributed by atoms with Crippen LogP contribution >= 0.6 is 0 Å². The quantitative estimate of drug-likeness (QED) is 0.505. The predicted molar refractivity (Wildman–Crippen MR) is 135 cm³/mol. The smallest absolute Gasteiger partial charge is 0.226 e. The number of ketones is 4. The average molecular weight is 533 g/mol. The van der Waals surface area contributed by atoms with Crippen molar-refractivity contribution in [1.82, 2.24) is 15.1 Å². The Labute approximate surface area is 225 Å². The molecule has 0 saturated carbocycles. The minimum Gasteiger partial charge on any atom is -0.492 e. The molecule has 2 aliphatic carbocycles. The van der Waals surface area contributed by atoms with Gasteiger partial charge in [-0.15, -0.1) is 0 Å². The number of fused-ring (bicyclic) bond motifs is 5. The van der Waals surface area contributed by atoms with Crippen molar-refractivity contribution in [3.05, 3.63) is 56.7 Å². The molecule has 5 rings (SSSR count). The number of Topliss-reactive ketones (excluding diaryl/α,β-unsaturated/α-hetero) is 4. The van der Waals surface area contributed by atoms with Crippen LogP contribution in [-0.2, 0) is 33.4 Å². The summed E-state index contributed by atoms with van der Waals surface area (Å²) < 4.78 is 10.6. The third-order valence-corrected chi connectivity index (χ3v) is 8.30. The second-order valence-electron chi connectivity index (χ2n) is 10.2. The van der Waals surface area contributed by atoms with Crippen LogP contribution in [0.2, 0.25) is 0 Å². The summed E-state index contributed by atoms with van der Waals surface area (Å²) in [6, 6.07) is -0.730. The van der Waals surface area contributed by atoms with Gasteiger partial charge in [0, 0.05) is 58.6 Å². The second kappa shape index (κ2) is 9.17. The van der Waals surface area contributed by atoms with E-state index in [4.69, 9.17) is 9.47 Å². The van der Waals surface area contributed by atoms with Crippen LogP contribution in [0.5, 0.6) is 0 Å². The van der Waals surface area contributed by atoms with E-state index in [9.17, 15) is 29.2 Å². The molecule has 1 amide bonds. The van der Waals surface area contributed by atoms with Gasteiger partial charge in [0.1, 0.15) is 6.04 Å². The van der Waals surface area contributed by atoms with Gasteiger partial charge in [-0.25, -0.2) is 0 Å². The maximum atomic E-state index is 13.7. The van der Waals surface area contributed by atoms with Gasteiger partial charge in [-0.05, 0) is 33.4 Å². The summed E-state index contributed by atoms with van der Waals surface area (Å²) in [5.74, 6) is -2.16. The number of rotatable bonds is 4. The highest BCUT2D eigenvalue weighted by atomic mass is 16.5. The zero-order chi connectivity index (χ0) is 28.5. The number of piperazine rings is 1. The number of ether oxygens (including phenoxy) is 2. The van der Waals surface area contributed by atoms with Crippen molar-refractivity contribution in [2.45, 2.75) is 51.4 Å². The van der Waals surface area contributed by atoms with E-state index in [1.165, 1.54) is 28.1 Å². The monoisotopic (exact) mass is 532 g/mol. The topological polar surface area (TPSA) is 146 Å². The van der Waals surface area contributed by atoms with Gasteiger partial charge in [-0.1, -0.05) is 0 Å². The first-order valence-corrected chi connectivity index (χ1v) is 12.5. The van der Waals surface area contributed by atoms with Crippen LogP contribution < -0.4 is 5.32 Å². The number of amides is 1. The van der Waals surface area contributed by atoms with Crippen molar-refractivity contribution < 1.29 is 33.4 Å². The molecule has 202 valence electrons. The van der Waals surface area contributed by atoms with Crippen LogP contribution in [0.3, 0.4) is 0 Å². The molecule has 0 spiro atoms. The minimum atomic E-state index is -0.891. The molecule has 3 aliphatic heterocycles. The maximum Gasteiger partial charge on any atom is 0.226 e. The molecule has 11 nitrogen and oxygen atoms in total. The van der Waals surface area contributed by atoms with Crippen LogP contribution in [-0.4, -0.2) is 90.8 Å². The van der Waals surface area contributed by atoms with Crippen molar-refractivity contribution in [3.63, 3.8) is 0 Å². The second-order valence-corrected chi connectivity index (χ2v) is 10.2. The van der Waals surface area contributed by atoms with E-state index < -0.39 is 41.5 Å². The molecule has 1 N–H and O–H groups in total. The Morgan fingerprint density at radius 1 is 1.03 bits per heavy atom. The summed E-state index contributed by atoms with van der Waals surface area (Å²) in [6.45, 7) is 4.31. The predicted octanol–water partition coefficient (Wildman–Crippen LogP) is 0.407. The Balaban J connectivity index is 1.78. The van der Waals surface area contributed by atoms with E-state index >= 15 is 0 Å². The van der Waals surface area contributed by atoms with Crippen LogP contribution in [0.25, 0.3) is 0 Å². The molecule has 1 fully saturated rings. The zero-order valence-corrected chi connectivity index (χ0v) is 22.5. The lowest BCUT2D eigenvalue weighted by Crippen LogP contribution is -2.68. The Bertz CT molecular complexity index is 1480. The molecule has 0 aromatic rings. The van der Waals surface area contributed by atoms with Gasteiger partial charge in [-0.3, -0.25) is 28.9 Å². The normalized spacial score (nSPS) is 28.6. The largest absolute Gasteiger partial charge is 0.492 e. The zero-order valence-electron chi connectivity index (χ0n) is 22.5. The highest BCUT2D eigenvalue weighted by molar-refractivity contribution is 6.27. The number of nitriles is 1. The molecule has 0 radical (unpaired) electrons. The van der Waals surface area contributed by atoms with E-state index in [0.29, 0.717) is 11.3 Å². The minimum absolute atomic E-state index is 0.0434. The molecule has 0 aromatic carbocycles. The van der Waals surface area contributed by atoms with Crippen molar-refractivity contribution in [2.24, 2.45) is 0 Å². The highest BCUT2D eigenvalue weighted by Crippen LogP contribution is 2.48. The number of nitrogens with zero attached hydrogens (tertiary/aromatic N) is 3. The van der Waals surface area contributed by atoms with Crippen molar-refractivity contribution in [2.75, 3.05) is 27.8 Å². The van der Waals surface area contributed by atoms with Crippen molar-refractivity contribution >= 4 is 29.0 Å². The van der Waals surface area contributed by atoms with Gasteiger partial charge in [0.25, 0.3) is 0 Å². The Morgan fingerprint density at radius 3 is 2.18 bits per heavy atom. The number of hydrogen-bond acceptors (Lipinski definition) is 10. The van der Waals surface area contributed by atoms with E-state index in [1.807, 2.05) is 4.90 Å².